The van der Waals surface area contributed by atoms with Crippen molar-refractivity contribution in [3.63, 3.8) is 0 Å². The summed E-state index contributed by atoms with van der Waals surface area (Å²) in [4.78, 5) is 13.8. The van der Waals surface area contributed by atoms with Gasteiger partial charge < -0.3 is 5.11 Å². The summed E-state index contributed by atoms with van der Waals surface area (Å²) >= 11 is 12.6. The number of carbonyl (C=O) groups is 1. The van der Waals surface area contributed by atoms with Gasteiger partial charge in [-0.15, -0.1) is 0 Å². The van der Waals surface area contributed by atoms with Gasteiger partial charge in [-0.25, -0.2) is 0 Å². The number of carboxylic acid groups (broad SMARTS) is 1. The van der Waals surface area contributed by atoms with Gasteiger partial charge in [-0.2, -0.15) is 0 Å². The molecule has 0 amide bonds. The third kappa shape index (κ3) is 4.66. The van der Waals surface area contributed by atoms with Gasteiger partial charge in [-0.05, 0) is 54.1 Å². The second kappa shape index (κ2) is 8.64. The molecule has 1 fully saturated rings. The number of nitrogens with zero attached hydrogens (tertiary/aromatic N) is 1. The first kappa shape index (κ1) is 20.2. The van der Waals surface area contributed by atoms with Crippen molar-refractivity contribution in [3.05, 3.63) is 69.2 Å². The number of halogens is 2. The lowest BCUT2D eigenvalue weighted by Crippen LogP contribution is -2.41. The molecule has 0 saturated carbocycles. The number of rotatable bonds is 5. The van der Waals surface area contributed by atoms with Crippen molar-refractivity contribution < 1.29 is 9.90 Å². The highest BCUT2D eigenvalue weighted by Gasteiger charge is 2.32. The number of hydrogen-bond acceptors (Lipinski definition) is 2. The minimum absolute atomic E-state index is 0.0851. The lowest BCUT2D eigenvalue weighted by molar-refractivity contribution is -0.143. The van der Waals surface area contributed by atoms with Crippen molar-refractivity contribution in [3.8, 4) is 0 Å². The Balaban J connectivity index is 2.02. The Morgan fingerprint density at radius 3 is 2.37 bits per heavy atom. The van der Waals surface area contributed by atoms with Crippen LogP contribution in [-0.2, 0) is 4.79 Å². The third-order valence-corrected chi connectivity index (χ3v) is 5.91. The second-order valence-electron chi connectivity index (χ2n) is 7.56. The SMILES string of the molecule is CC(C)c1ccc(C(c2ccc(Cl)cc2Cl)N2CCCC(C(=O)O)C2)cc1. The van der Waals surface area contributed by atoms with Gasteiger partial charge in [0.25, 0.3) is 0 Å². The van der Waals surface area contributed by atoms with Crippen molar-refractivity contribution in [1.82, 2.24) is 4.90 Å². The fourth-order valence-electron chi connectivity index (χ4n) is 3.82. The number of likely N-dealkylation sites (tertiary alicyclic amines) is 1. The average molecular weight is 406 g/mol. The molecule has 5 heteroatoms. The zero-order valence-corrected chi connectivity index (χ0v) is 17.2. The normalized spacial score (nSPS) is 19.2. The molecule has 0 aliphatic carbocycles. The number of benzene rings is 2. The molecular weight excluding hydrogens is 381 g/mol. The highest BCUT2D eigenvalue weighted by molar-refractivity contribution is 6.35. The van der Waals surface area contributed by atoms with Crippen molar-refractivity contribution >= 4 is 29.2 Å². The Morgan fingerprint density at radius 1 is 1.11 bits per heavy atom. The van der Waals surface area contributed by atoms with Gasteiger partial charge in [0.05, 0.1) is 12.0 Å². The van der Waals surface area contributed by atoms with Crippen LogP contribution in [0.4, 0.5) is 0 Å². The first-order valence-electron chi connectivity index (χ1n) is 9.38. The van der Waals surface area contributed by atoms with E-state index in [4.69, 9.17) is 23.2 Å². The van der Waals surface area contributed by atoms with E-state index in [-0.39, 0.29) is 12.0 Å². The lowest BCUT2D eigenvalue weighted by Gasteiger charge is -2.38. The van der Waals surface area contributed by atoms with Gasteiger partial charge in [-0.1, -0.05) is 67.4 Å². The topological polar surface area (TPSA) is 40.5 Å². The molecule has 1 N–H and O–H groups in total. The Morgan fingerprint density at radius 2 is 1.78 bits per heavy atom. The van der Waals surface area contributed by atoms with E-state index in [1.165, 1.54) is 5.56 Å². The third-order valence-electron chi connectivity index (χ3n) is 5.34. The average Bonchev–Trinajstić information content (AvgIpc) is 2.64. The van der Waals surface area contributed by atoms with Crippen LogP contribution in [0.2, 0.25) is 10.0 Å². The molecule has 0 aromatic heterocycles. The van der Waals surface area contributed by atoms with Gasteiger partial charge >= 0.3 is 5.97 Å². The van der Waals surface area contributed by atoms with Crippen LogP contribution in [0.15, 0.2) is 42.5 Å². The maximum absolute atomic E-state index is 11.6. The molecule has 3 rings (SSSR count). The zero-order chi connectivity index (χ0) is 19.6. The van der Waals surface area contributed by atoms with Crippen LogP contribution < -0.4 is 0 Å². The van der Waals surface area contributed by atoms with E-state index < -0.39 is 5.97 Å². The summed E-state index contributed by atoms with van der Waals surface area (Å²) in [5.41, 5.74) is 3.36. The van der Waals surface area contributed by atoms with Crippen LogP contribution in [-0.4, -0.2) is 29.1 Å². The Kier molecular flexibility index (Phi) is 6.46. The van der Waals surface area contributed by atoms with Gasteiger partial charge in [-0.3, -0.25) is 9.69 Å². The fourth-order valence-corrected chi connectivity index (χ4v) is 4.33. The van der Waals surface area contributed by atoms with Crippen molar-refractivity contribution in [2.24, 2.45) is 5.92 Å². The minimum atomic E-state index is -0.726. The van der Waals surface area contributed by atoms with E-state index in [2.05, 4.69) is 43.0 Å². The van der Waals surface area contributed by atoms with Gasteiger partial charge in [0, 0.05) is 16.6 Å². The number of aliphatic carboxylic acids is 1. The number of piperidine rings is 1. The van der Waals surface area contributed by atoms with Crippen LogP contribution >= 0.6 is 23.2 Å². The molecule has 2 atom stereocenters. The highest BCUT2D eigenvalue weighted by atomic mass is 35.5. The Labute approximate surface area is 170 Å². The van der Waals surface area contributed by atoms with Crippen LogP contribution in [0.1, 0.15) is 55.3 Å². The molecule has 144 valence electrons. The predicted molar refractivity (Wildman–Crippen MR) is 111 cm³/mol. The number of hydrogen-bond donors (Lipinski definition) is 1. The van der Waals surface area contributed by atoms with Crippen molar-refractivity contribution in [2.75, 3.05) is 13.1 Å². The smallest absolute Gasteiger partial charge is 0.307 e. The van der Waals surface area contributed by atoms with E-state index in [0.717, 1.165) is 30.5 Å². The molecule has 0 radical (unpaired) electrons. The first-order valence-corrected chi connectivity index (χ1v) is 10.1. The summed E-state index contributed by atoms with van der Waals surface area (Å²) in [5.74, 6) is -0.610. The van der Waals surface area contributed by atoms with Gasteiger partial charge in [0.15, 0.2) is 0 Å². The monoisotopic (exact) mass is 405 g/mol. The van der Waals surface area contributed by atoms with Crippen molar-refractivity contribution in [1.29, 1.82) is 0 Å². The summed E-state index contributed by atoms with van der Waals surface area (Å²) in [5, 5.41) is 10.7. The van der Waals surface area contributed by atoms with Crippen molar-refractivity contribution in [2.45, 2.75) is 38.6 Å². The molecule has 1 aliphatic heterocycles. The van der Waals surface area contributed by atoms with E-state index in [0.29, 0.717) is 22.5 Å². The summed E-state index contributed by atoms with van der Waals surface area (Å²) in [6.45, 7) is 5.71. The second-order valence-corrected chi connectivity index (χ2v) is 8.41. The summed E-state index contributed by atoms with van der Waals surface area (Å²) in [7, 11) is 0. The molecule has 0 bridgehead atoms. The first-order chi connectivity index (χ1) is 12.9. The molecule has 2 unspecified atom stereocenters. The minimum Gasteiger partial charge on any atom is -0.481 e. The van der Waals surface area contributed by atoms with Gasteiger partial charge in [0.1, 0.15) is 0 Å². The number of carboxylic acids is 1. The molecule has 1 aliphatic rings. The lowest BCUT2D eigenvalue weighted by atomic mass is 9.90. The standard InChI is InChI=1S/C22H25Cl2NO2/c1-14(2)15-5-7-16(8-6-15)21(19-10-9-18(23)12-20(19)24)25-11-3-4-17(13-25)22(26)27/h5-10,12,14,17,21H,3-4,11,13H2,1-2H3,(H,26,27). The summed E-state index contributed by atoms with van der Waals surface area (Å²) < 4.78 is 0. The molecule has 27 heavy (non-hydrogen) atoms. The van der Waals surface area contributed by atoms with Crippen LogP contribution in [0, 0.1) is 5.92 Å². The molecule has 3 nitrogen and oxygen atoms in total. The Bertz CT molecular complexity index is 804. The largest absolute Gasteiger partial charge is 0.481 e. The quantitative estimate of drug-likeness (QED) is 0.662. The summed E-state index contributed by atoms with van der Waals surface area (Å²) in [6.07, 6.45) is 1.59. The molecule has 2 aromatic rings. The zero-order valence-electron chi connectivity index (χ0n) is 15.7. The van der Waals surface area contributed by atoms with Crippen LogP contribution in [0.25, 0.3) is 0 Å². The summed E-state index contributed by atoms with van der Waals surface area (Å²) in [6, 6.07) is 14.0. The maximum Gasteiger partial charge on any atom is 0.307 e. The van der Waals surface area contributed by atoms with Crippen LogP contribution in [0.5, 0.6) is 0 Å². The molecule has 2 aromatic carbocycles. The van der Waals surface area contributed by atoms with Gasteiger partial charge in [0.2, 0.25) is 0 Å². The van der Waals surface area contributed by atoms with E-state index in [1.54, 1.807) is 6.07 Å². The molecule has 1 saturated heterocycles. The van der Waals surface area contributed by atoms with Crippen LogP contribution in [0.3, 0.4) is 0 Å². The molecular formula is C22H25Cl2NO2. The fraction of sp³-hybridized carbons (Fsp3) is 0.409. The maximum atomic E-state index is 11.6. The van der Waals surface area contributed by atoms with E-state index >= 15 is 0 Å². The molecule has 0 spiro atoms. The predicted octanol–water partition coefficient (Wildman–Crippen LogP) is 6.00. The van der Waals surface area contributed by atoms with E-state index in [1.807, 2.05) is 12.1 Å². The van der Waals surface area contributed by atoms with E-state index in [9.17, 15) is 9.90 Å². The molecule has 1 heterocycles. The highest BCUT2D eigenvalue weighted by Crippen LogP contribution is 2.37. The Hall–Kier alpha value is -1.55.